The van der Waals surface area contributed by atoms with Gasteiger partial charge in [-0.2, -0.15) is 0 Å². The number of carbonyl (C=O) groups excluding carboxylic acids is 2. The second-order valence-corrected chi connectivity index (χ2v) is 6.83. The molecule has 3 rings (SSSR count). The van der Waals surface area contributed by atoms with Crippen molar-refractivity contribution in [3.8, 4) is 5.75 Å². The molecule has 1 aliphatic heterocycles. The number of alkyl halides is 3. The van der Waals surface area contributed by atoms with Gasteiger partial charge in [0.05, 0.1) is 11.6 Å². The van der Waals surface area contributed by atoms with Crippen LogP contribution in [0, 0.1) is 5.92 Å². The van der Waals surface area contributed by atoms with Crippen molar-refractivity contribution in [3.63, 3.8) is 0 Å². The number of amides is 2. The Hall–Kier alpha value is -2.55. The number of rotatable bonds is 4. The smallest absolute Gasteiger partial charge is 0.404 e. The van der Waals surface area contributed by atoms with Gasteiger partial charge in [0, 0.05) is 23.1 Å². The van der Waals surface area contributed by atoms with Gasteiger partial charge >= 0.3 is 6.36 Å². The molecular weight excluding hydrogens is 429 g/mol. The van der Waals surface area contributed by atoms with Crippen LogP contribution in [0.25, 0.3) is 0 Å². The number of hydrogen-bond donors (Lipinski definition) is 1. The Balaban J connectivity index is 1.71. The fourth-order valence-electron chi connectivity index (χ4n) is 2.77. The van der Waals surface area contributed by atoms with E-state index in [1.165, 1.54) is 23.1 Å². The summed E-state index contributed by atoms with van der Waals surface area (Å²) in [5, 5.41) is 2.43. The van der Waals surface area contributed by atoms with Gasteiger partial charge in [0.15, 0.2) is 5.75 Å². The summed E-state index contributed by atoms with van der Waals surface area (Å²) in [7, 11) is 0. The van der Waals surface area contributed by atoms with Crippen molar-refractivity contribution in [2.75, 3.05) is 16.8 Å². The third-order valence-corrected chi connectivity index (χ3v) is 4.53. The summed E-state index contributed by atoms with van der Waals surface area (Å²) < 4.78 is 42.2. The van der Waals surface area contributed by atoms with E-state index >= 15 is 0 Å². The average Bonchev–Trinajstić information content (AvgIpc) is 2.98. The molecule has 0 saturated carbocycles. The largest absolute Gasteiger partial charge is 0.573 e. The number of nitrogens with one attached hydrogen (secondary N) is 1. The molecule has 1 saturated heterocycles. The van der Waals surface area contributed by atoms with Crippen LogP contribution in [0.15, 0.2) is 53.0 Å². The van der Waals surface area contributed by atoms with Crippen LogP contribution in [0.4, 0.5) is 24.5 Å². The standard InChI is InChI=1S/C18H14BrF3N2O3/c19-12-5-7-13(8-6-12)24-10-11(9-16(24)25)17(26)23-14-3-1-2-4-15(14)27-18(20,21)22/h1-8,11H,9-10H2,(H,23,26). The maximum Gasteiger partial charge on any atom is 0.573 e. The molecule has 1 atom stereocenters. The predicted octanol–water partition coefficient (Wildman–Crippen LogP) is 4.34. The molecule has 1 unspecified atom stereocenters. The number of nitrogens with zero attached hydrogens (tertiary/aromatic N) is 1. The van der Waals surface area contributed by atoms with E-state index in [9.17, 15) is 22.8 Å². The van der Waals surface area contributed by atoms with E-state index in [1.807, 2.05) is 0 Å². The van der Waals surface area contributed by atoms with Crippen molar-refractivity contribution in [1.29, 1.82) is 0 Å². The van der Waals surface area contributed by atoms with E-state index in [0.29, 0.717) is 5.69 Å². The topological polar surface area (TPSA) is 58.6 Å². The monoisotopic (exact) mass is 442 g/mol. The first kappa shape index (κ1) is 19.2. The van der Waals surface area contributed by atoms with Gasteiger partial charge in [-0.25, -0.2) is 0 Å². The zero-order valence-electron chi connectivity index (χ0n) is 13.8. The van der Waals surface area contributed by atoms with Crippen LogP contribution >= 0.6 is 15.9 Å². The lowest BCUT2D eigenvalue weighted by Crippen LogP contribution is -2.28. The van der Waals surface area contributed by atoms with Crippen molar-refractivity contribution < 1.29 is 27.5 Å². The first-order chi connectivity index (χ1) is 12.7. The predicted molar refractivity (Wildman–Crippen MR) is 96.4 cm³/mol. The van der Waals surface area contributed by atoms with E-state index in [1.54, 1.807) is 24.3 Å². The zero-order valence-corrected chi connectivity index (χ0v) is 15.4. The Kier molecular flexibility index (Phi) is 5.41. The summed E-state index contributed by atoms with van der Waals surface area (Å²) in [6.07, 6.45) is -4.90. The van der Waals surface area contributed by atoms with Crippen molar-refractivity contribution in [3.05, 3.63) is 53.0 Å². The minimum absolute atomic E-state index is 0.0236. The quantitative estimate of drug-likeness (QED) is 0.765. The fourth-order valence-corrected chi connectivity index (χ4v) is 3.04. The van der Waals surface area contributed by atoms with Crippen LogP contribution in [-0.2, 0) is 9.59 Å². The summed E-state index contributed by atoms with van der Waals surface area (Å²) in [4.78, 5) is 26.2. The van der Waals surface area contributed by atoms with E-state index < -0.39 is 23.9 Å². The average molecular weight is 443 g/mol. The highest BCUT2D eigenvalue weighted by molar-refractivity contribution is 9.10. The third-order valence-electron chi connectivity index (χ3n) is 4.00. The minimum atomic E-state index is -4.87. The molecule has 1 fully saturated rings. The van der Waals surface area contributed by atoms with Crippen LogP contribution in [0.5, 0.6) is 5.75 Å². The molecule has 142 valence electrons. The summed E-state index contributed by atoms with van der Waals surface area (Å²) in [5.74, 6) is -1.95. The zero-order chi connectivity index (χ0) is 19.6. The van der Waals surface area contributed by atoms with Gasteiger partial charge in [0.2, 0.25) is 11.8 Å². The molecule has 0 spiro atoms. The molecule has 0 bridgehead atoms. The van der Waals surface area contributed by atoms with Crippen LogP contribution < -0.4 is 15.0 Å². The second kappa shape index (κ2) is 7.59. The maximum absolute atomic E-state index is 12.5. The first-order valence-electron chi connectivity index (χ1n) is 7.94. The summed E-state index contributed by atoms with van der Waals surface area (Å²) >= 11 is 3.31. The molecule has 1 aliphatic rings. The van der Waals surface area contributed by atoms with Crippen molar-refractivity contribution in [1.82, 2.24) is 0 Å². The van der Waals surface area contributed by atoms with Crippen molar-refractivity contribution in [2.24, 2.45) is 5.92 Å². The van der Waals surface area contributed by atoms with Crippen molar-refractivity contribution >= 4 is 39.1 Å². The Morgan fingerprint density at radius 1 is 1.15 bits per heavy atom. The Bertz CT molecular complexity index is 856. The molecule has 2 amide bonds. The maximum atomic E-state index is 12.5. The number of halogens is 4. The number of benzene rings is 2. The molecule has 5 nitrogen and oxygen atoms in total. The highest BCUT2D eigenvalue weighted by Gasteiger charge is 2.36. The fraction of sp³-hybridized carbons (Fsp3) is 0.222. The van der Waals surface area contributed by atoms with E-state index in [-0.39, 0.29) is 24.6 Å². The van der Waals surface area contributed by atoms with Gasteiger partial charge in [-0.1, -0.05) is 28.1 Å². The van der Waals surface area contributed by atoms with Crippen LogP contribution in [-0.4, -0.2) is 24.7 Å². The SMILES string of the molecule is O=C(Nc1ccccc1OC(F)(F)F)C1CC(=O)N(c2ccc(Br)cc2)C1. The molecule has 2 aromatic rings. The Morgan fingerprint density at radius 3 is 2.48 bits per heavy atom. The molecule has 27 heavy (non-hydrogen) atoms. The van der Waals surface area contributed by atoms with Gasteiger partial charge in [-0.3, -0.25) is 9.59 Å². The summed E-state index contributed by atoms with van der Waals surface area (Å²) in [6, 6.07) is 12.3. The molecule has 0 aromatic heterocycles. The van der Waals surface area contributed by atoms with Gasteiger partial charge in [0.25, 0.3) is 0 Å². The highest BCUT2D eigenvalue weighted by atomic mass is 79.9. The molecule has 9 heteroatoms. The lowest BCUT2D eigenvalue weighted by Gasteiger charge is -2.17. The molecule has 2 aromatic carbocycles. The molecule has 0 radical (unpaired) electrons. The molecule has 1 N–H and O–H groups in total. The lowest BCUT2D eigenvalue weighted by atomic mass is 10.1. The van der Waals surface area contributed by atoms with Gasteiger partial charge in [-0.15, -0.1) is 13.2 Å². The lowest BCUT2D eigenvalue weighted by molar-refractivity contribution is -0.274. The number of ether oxygens (including phenoxy) is 1. The Labute approximate surface area is 161 Å². The van der Waals surface area contributed by atoms with Crippen LogP contribution in [0.1, 0.15) is 6.42 Å². The highest BCUT2D eigenvalue weighted by Crippen LogP contribution is 2.32. The number of hydrogen-bond acceptors (Lipinski definition) is 3. The van der Waals surface area contributed by atoms with Crippen molar-refractivity contribution in [2.45, 2.75) is 12.8 Å². The molecule has 1 heterocycles. The number of anilines is 2. The third kappa shape index (κ3) is 4.79. The normalized spacial score (nSPS) is 17.1. The minimum Gasteiger partial charge on any atom is -0.404 e. The van der Waals surface area contributed by atoms with Crippen LogP contribution in [0.3, 0.4) is 0 Å². The van der Waals surface area contributed by atoms with E-state index in [4.69, 9.17) is 0 Å². The van der Waals surface area contributed by atoms with E-state index in [0.717, 1.165) is 10.5 Å². The number of para-hydroxylation sites is 2. The molecular formula is C18H14BrF3N2O3. The summed E-state index contributed by atoms with van der Waals surface area (Å²) in [6.45, 7) is 0.147. The number of carbonyl (C=O) groups is 2. The first-order valence-corrected chi connectivity index (χ1v) is 8.74. The van der Waals surface area contributed by atoms with Gasteiger partial charge in [-0.05, 0) is 36.4 Å². The van der Waals surface area contributed by atoms with Gasteiger partial charge in [0.1, 0.15) is 0 Å². The van der Waals surface area contributed by atoms with E-state index in [2.05, 4.69) is 26.0 Å². The Morgan fingerprint density at radius 2 is 1.81 bits per heavy atom. The summed E-state index contributed by atoms with van der Waals surface area (Å²) in [5.41, 5.74) is 0.550. The van der Waals surface area contributed by atoms with Gasteiger partial charge < -0.3 is 15.0 Å². The molecule has 0 aliphatic carbocycles. The second-order valence-electron chi connectivity index (χ2n) is 5.92. The van der Waals surface area contributed by atoms with Crippen LogP contribution in [0.2, 0.25) is 0 Å².